The number of benzene rings is 4. The van der Waals surface area contributed by atoms with Crippen molar-refractivity contribution in [2.45, 2.75) is 32.4 Å². The lowest BCUT2D eigenvalue weighted by Crippen LogP contribution is -2.44. The van der Waals surface area contributed by atoms with Crippen LogP contribution in [0.2, 0.25) is 0 Å². The Balaban J connectivity index is 1.47. The Hall–Kier alpha value is -4.78. The number of nitrogens with one attached hydrogen (secondary N) is 1. The molecule has 0 aliphatic carbocycles. The van der Waals surface area contributed by atoms with Crippen LogP contribution in [0.5, 0.6) is 11.5 Å². The lowest BCUT2D eigenvalue weighted by Gasteiger charge is -2.32. The summed E-state index contributed by atoms with van der Waals surface area (Å²) < 4.78 is 11.0. The summed E-state index contributed by atoms with van der Waals surface area (Å²) in [7, 11) is 1.60. The molecule has 1 N–H and O–H groups in total. The third-order valence-electron chi connectivity index (χ3n) is 7.52. The van der Waals surface area contributed by atoms with E-state index in [-0.39, 0.29) is 18.2 Å². The van der Waals surface area contributed by atoms with Crippen molar-refractivity contribution in [3.05, 3.63) is 120 Å². The second-order valence-electron chi connectivity index (χ2n) is 10.2. The van der Waals surface area contributed by atoms with Crippen LogP contribution in [0.4, 0.5) is 11.4 Å². The Morgan fingerprint density at radius 1 is 0.881 bits per heavy atom. The molecule has 1 heterocycles. The van der Waals surface area contributed by atoms with Gasteiger partial charge in [-0.3, -0.25) is 14.5 Å². The van der Waals surface area contributed by atoms with E-state index in [4.69, 9.17) is 9.47 Å². The van der Waals surface area contributed by atoms with Crippen molar-refractivity contribution in [3.8, 4) is 11.5 Å². The van der Waals surface area contributed by atoms with Gasteiger partial charge in [0, 0.05) is 37.4 Å². The van der Waals surface area contributed by atoms with Crippen molar-refractivity contribution in [1.82, 2.24) is 5.32 Å². The molecule has 1 aliphatic heterocycles. The van der Waals surface area contributed by atoms with Gasteiger partial charge in [0.2, 0.25) is 11.8 Å². The maximum absolute atomic E-state index is 14.2. The van der Waals surface area contributed by atoms with Gasteiger partial charge in [0.15, 0.2) is 0 Å². The van der Waals surface area contributed by atoms with E-state index in [1.54, 1.807) is 12.0 Å². The Morgan fingerprint density at radius 2 is 1.57 bits per heavy atom. The number of carbonyl (C=O) groups is 2. The molecule has 0 aromatic heterocycles. The van der Waals surface area contributed by atoms with Crippen LogP contribution in [0, 0.1) is 0 Å². The van der Waals surface area contributed by atoms with E-state index in [1.807, 2.05) is 91.9 Å². The second kappa shape index (κ2) is 13.7. The van der Waals surface area contributed by atoms with E-state index in [1.165, 1.54) is 11.3 Å². The number of methoxy groups -OCH3 is 1. The summed E-state index contributed by atoms with van der Waals surface area (Å²) in [5.41, 5.74) is 4.76. The number of carbonyl (C=O) groups excluding carboxylic acids is 2. The van der Waals surface area contributed by atoms with Gasteiger partial charge in [-0.05, 0) is 72.5 Å². The minimum absolute atomic E-state index is 0.140. The summed E-state index contributed by atoms with van der Waals surface area (Å²) in [6.07, 6.45) is 1.21. The predicted molar refractivity (Wildman–Crippen MR) is 166 cm³/mol. The molecule has 0 fully saturated rings. The Morgan fingerprint density at radius 3 is 2.29 bits per heavy atom. The van der Waals surface area contributed by atoms with Gasteiger partial charge in [-0.15, -0.1) is 0 Å². The second-order valence-corrected chi connectivity index (χ2v) is 10.2. The van der Waals surface area contributed by atoms with Crippen molar-refractivity contribution >= 4 is 23.2 Å². The first-order valence-corrected chi connectivity index (χ1v) is 14.4. The Labute approximate surface area is 247 Å². The molecule has 1 atom stereocenters. The largest absolute Gasteiger partial charge is 0.497 e. The van der Waals surface area contributed by atoms with Crippen LogP contribution >= 0.6 is 0 Å². The van der Waals surface area contributed by atoms with Gasteiger partial charge in [-0.25, -0.2) is 0 Å². The normalized spacial score (nSPS) is 12.8. The number of hydrogen-bond donors (Lipinski definition) is 1. The molecule has 216 valence electrons. The summed E-state index contributed by atoms with van der Waals surface area (Å²) in [6, 6.07) is 31.9. The summed E-state index contributed by atoms with van der Waals surface area (Å²) in [4.78, 5) is 32.1. The fourth-order valence-corrected chi connectivity index (χ4v) is 5.38. The van der Waals surface area contributed by atoms with Crippen LogP contribution in [0.3, 0.4) is 0 Å². The first-order chi connectivity index (χ1) is 20.6. The predicted octanol–water partition coefficient (Wildman–Crippen LogP) is 5.94. The number of anilines is 2. The van der Waals surface area contributed by atoms with Crippen LogP contribution in [-0.4, -0.2) is 38.6 Å². The highest BCUT2D eigenvalue weighted by molar-refractivity contribution is 6.01. The van der Waals surface area contributed by atoms with Crippen molar-refractivity contribution in [1.29, 1.82) is 0 Å². The number of amides is 2. The van der Waals surface area contributed by atoms with Gasteiger partial charge in [-0.1, -0.05) is 60.7 Å². The van der Waals surface area contributed by atoms with Crippen LogP contribution in [0.1, 0.15) is 36.1 Å². The summed E-state index contributed by atoms with van der Waals surface area (Å²) in [6.45, 7) is 4.24. The molecule has 5 rings (SSSR count). The monoisotopic (exact) mass is 563 g/mol. The van der Waals surface area contributed by atoms with E-state index in [0.717, 1.165) is 18.5 Å². The zero-order chi connectivity index (χ0) is 29.3. The minimum Gasteiger partial charge on any atom is -0.497 e. The van der Waals surface area contributed by atoms with Gasteiger partial charge in [0.05, 0.1) is 13.7 Å². The molecule has 7 nitrogen and oxygen atoms in total. The maximum Gasteiger partial charge on any atom is 0.248 e. The molecule has 0 saturated heterocycles. The van der Waals surface area contributed by atoms with E-state index in [2.05, 4.69) is 28.4 Å². The highest BCUT2D eigenvalue weighted by atomic mass is 16.5. The number of ether oxygens (including phenoxy) is 2. The van der Waals surface area contributed by atoms with Gasteiger partial charge >= 0.3 is 0 Å². The molecule has 42 heavy (non-hydrogen) atoms. The van der Waals surface area contributed by atoms with Crippen molar-refractivity contribution < 1.29 is 19.1 Å². The summed E-state index contributed by atoms with van der Waals surface area (Å²) >= 11 is 0. The van der Waals surface area contributed by atoms with Crippen LogP contribution in [-0.2, 0) is 22.6 Å². The highest BCUT2D eigenvalue weighted by Gasteiger charge is 2.33. The molecule has 0 radical (unpaired) electrons. The molecule has 7 heteroatoms. The number of para-hydroxylation sites is 1. The standard InChI is InChI=1S/C35H37N3O4/c1-3-42-31-19-15-29(16-20-31)38(33(39)22-24-37-23-21-27-11-7-8-12-32(27)37)34(28-13-17-30(41-2)18-14-28)35(40)36-25-26-9-5-4-6-10-26/h4-20,34H,3,21-25H2,1-2H3,(H,36,40). The number of hydrogen-bond acceptors (Lipinski definition) is 5. The SMILES string of the molecule is CCOc1ccc(N(C(=O)CCN2CCc3ccccc32)C(C(=O)NCc2ccccc2)c2ccc(OC)cc2)cc1. The molecule has 2 amide bonds. The average molecular weight is 564 g/mol. The third kappa shape index (κ3) is 6.74. The average Bonchev–Trinajstić information content (AvgIpc) is 3.45. The molecule has 0 spiro atoms. The minimum atomic E-state index is -0.893. The van der Waals surface area contributed by atoms with E-state index in [0.29, 0.717) is 42.4 Å². The summed E-state index contributed by atoms with van der Waals surface area (Å²) in [5, 5.41) is 3.07. The molecule has 0 bridgehead atoms. The topological polar surface area (TPSA) is 71.1 Å². The maximum atomic E-state index is 14.2. The number of fused-ring (bicyclic) bond motifs is 1. The van der Waals surface area contributed by atoms with Gasteiger partial charge < -0.3 is 19.7 Å². The van der Waals surface area contributed by atoms with Gasteiger partial charge in [0.25, 0.3) is 0 Å². The Kier molecular flexibility index (Phi) is 9.39. The van der Waals surface area contributed by atoms with Crippen LogP contribution < -0.4 is 24.6 Å². The van der Waals surface area contributed by atoms with Crippen molar-refractivity contribution in [2.24, 2.45) is 0 Å². The van der Waals surface area contributed by atoms with Crippen LogP contribution in [0.25, 0.3) is 0 Å². The molecule has 4 aromatic carbocycles. The van der Waals surface area contributed by atoms with E-state index >= 15 is 0 Å². The lowest BCUT2D eigenvalue weighted by atomic mass is 10.0. The number of rotatable bonds is 12. The molecule has 1 unspecified atom stereocenters. The first kappa shape index (κ1) is 28.7. The number of nitrogens with zero attached hydrogens (tertiary/aromatic N) is 2. The summed E-state index contributed by atoms with van der Waals surface area (Å²) in [5.74, 6) is 0.975. The molecule has 1 aliphatic rings. The van der Waals surface area contributed by atoms with Crippen molar-refractivity contribution in [2.75, 3.05) is 36.6 Å². The molecular weight excluding hydrogens is 526 g/mol. The fourth-order valence-electron chi connectivity index (χ4n) is 5.38. The third-order valence-corrected chi connectivity index (χ3v) is 7.52. The molecule has 4 aromatic rings. The lowest BCUT2D eigenvalue weighted by molar-refractivity contribution is -0.126. The quantitative estimate of drug-likeness (QED) is 0.231. The highest BCUT2D eigenvalue weighted by Crippen LogP contribution is 2.32. The van der Waals surface area contributed by atoms with E-state index < -0.39 is 6.04 Å². The molecule has 0 saturated carbocycles. The van der Waals surface area contributed by atoms with Crippen molar-refractivity contribution in [3.63, 3.8) is 0 Å². The zero-order valence-electron chi connectivity index (χ0n) is 24.2. The van der Waals surface area contributed by atoms with E-state index in [9.17, 15) is 9.59 Å². The fraction of sp³-hybridized carbons (Fsp3) is 0.257. The molecular formula is C35H37N3O4. The zero-order valence-corrected chi connectivity index (χ0v) is 24.2. The van der Waals surface area contributed by atoms with Gasteiger partial charge in [0.1, 0.15) is 17.5 Å². The van der Waals surface area contributed by atoms with Crippen LogP contribution in [0.15, 0.2) is 103 Å². The Bertz CT molecular complexity index is 1470. The first-order valence-electron chi connectivity index (χ1n) is 14.4. The smallest absolute Gasteiger partial charge is 0.248 e. The van der Waals surface area contributed by atoms with Gasteiger partial charge in [-0.2, -0.15) is 0 Å².